The predicted molar refractivity (Wildman–Crippen MR) is 187 cm³/mol. The lowest BCUT2D eigenvalue weighted by molar-refractivity contribution is 0.0184. The lowest BCUT2D eigenvalue weighted by atomic mass is 9.85. The second kappa shape index (κ2) is 14.8. The number of aryl methyl sites for hydroxylation is 1. The first kappa shape index (κ1) is 35.7. The number of aromatic nitrogens is 1. The fourth-order valence-corrected chi connectivity index (χ4v) is 5.66. The van der Waals surface area contributed by atoms with E-state index in [2.05, 4.69) is 42.0 Å². The van der Waals surface area contributed by atoms with Gasteiger partial charge >= 0.3 is 6.09 Å². The van der Waals surface area contributed by atoms with Gasteiger partial charge < -0.3 is 29.3 Å². The number of amides is 2. The van der Waals surface area contributed by atoms with Crippen LogP contribution in [0.3, 0.4) is 0 Å². The molecule has 1 aliphatic heterocycles. The Morgan fingerprint density at radius 1 is 1.00 bits per heavy atom. The molecule has 0 aliphatic carbocycles. The smallest absolute Gasteiger partial charge is 0.410 e. The quantitative estimate of drug-likeness (QED) is 0.252. The van der Waals surface area contributed by atoms with Crippen molar-refractivity contribution >= 4 is 17.7 Å². The van der Waals surface area contributed by atoms with Crippen LogP contribution in [0.15, 0.2) is 48.7 Å². The van der Waals surface area contributed by atoms with Crippen LogP contribution in [0.4, 0.5) is 10.5 Å². The number of nitrogens with zero attached hydrogens (tertiary/aromatic N) is 3. The summed E-state index contributed by atoms with van der Waals surface area (Å²) in [6, 6.07) is 13.4. The first-order valence-corrected chi connectivity index (χ1v) is 16.4. The zero-order chi connectivity index (χ0) is 34.5. The Morgan fingerprint density at radius 2 is 1.70 bits per heavy atom. The van der Waals surface area contributed by atoms with E-state index in [0.29, 0.717) is 54.1 Å². The van der Waals surface area contributed by atoms with Crippen molar-refractivity contribution < 1.29 is 23.8 Å². The number of piperidine rings is 1. The van der Waals surface area contributed by atoms with E-state index in [0.717, 1.165) is 41.6 Å². The summed E-state index contributed by atoms with van der Waals surface area (Å²) < 4.78 is 17.7. The highest BCUT2D eigenvalue weighted by Gasteiger charge is 2.27. The van der Waals surface area contributed by atoms with Gasteiger partial charge in [-0.05, 0) is 108 Å². The van der Waals surface area contributed by atoms with Crippen LogP contribution in [-0.4, -0.2) is 66.7 Å². The average Bonchev–Trinajstić information content (AvgIpc) is 2.97. The van der Waals surface area contributed by atoms with Gasteiger partial charge in [-0.25, -0.2) is 4.79 Å². The van der Waals surface area contributed by atoms with Gasteiger partial charge in [-0.15, -0.1) is 0 Å². The van der Waals surface area contributed by atoms with E-state index in [-0.39, 0.29) is 17.4 Å². The number of likely N-dealkylation sites (tertiary alicyclic amines) is 1. The average molecular weight is 645 g/mol. The molecule has 1 N–H and O–H groups in total. The fraction of sp³-hybridized carbons (Fsp3) is 0.500. The molecule has 1 fully saturated rings. The molecule has 0 atom stereocenters. The molecule has 0 bridgehead atoms. The van der Waals surface area contributed by atoms with Gasteiger partial charge in [-0.2, -0.15) is 0 Å². The van der Waals surface area contributed by atoms with Crippen LogP contribution in [-0.2, 0) is 23.1 Å². The van der Waals surface area contributed by atoms with Crippen LogP contribution in [0, 0.1) is 12.8 Å². The van der Waals surface area contributed by atoms with E-state index >= 15 is 0 Å². The molecule has 1 aromatic heterocycles. The van der Waals surface area contributed by atoms with Crippen molar-refractivity contribution in [2.75, 3.05) is 39.6 Å². The van der Waals surface area contributed by atoms with E-state index in [4.69, 9.17) is 14.2 Å². The molecule has 254 valence electrons. The molecular weight excluding hydrogens is 592 g/mol. The molecule has 0 radical (unpaired) electrons. The minimum atomic E-state index is -0.499. The van der Waals surface area contributed by atoms with Crippen molar-refractivity contribution in [1.29, 1.82) is 0 Å². The molecule has 1 aliphatic rings. The van der Waals surface area contributed by atoms with Crippen molar-refractivity contribution in [3.05, 3.63) is 76.6 Å². The molecule has 9 heteroatoms. The lowest BCUT2D eigenvalue weighted by Gasteiger charge is -2.33. The number of hydrogen-bond donors (Lipinski definition) is 1. The van der Waals surface area contributed by atoms with Crippen molar-refractivity contribution in [3.8, 4) is 17.2 Å². The normalized spacial score (nSPS) is 14.2. The largest absolute Gasteiger partial charge is 0.494 e. The molecule has 2 amide bonds. The molecule has 0 spiro atoms. The van der Waals surface area contributed by atoms with E-state index in [9.17, 15) is 9.59 Å². The van der Waals surface area contributed by atoms with Crippen molar-refractivity contribution in [2.45, 2.75) is 85.3 Å². The van der Waals surface area contributed by atoms with Crippen LogP contribution in [0.1, 0.15) is 87.1 Å². The maximum atomic E-state index is 13.6. The number of ether oxygens (including phenoxy) is 3. The van der Waals surface area contributed by atoms with Gasteiger partial charge in [-0.3, -0.25) is 9.78 Å². The lowest BCUT2D eigenvalue weighted by Crippen LogP contribution is -2.42. The van der Waals surface area contributed by atoms with Crippen LogP contribution >= 0.6 is 0 Å². The summed E-state index contributed by atoms with van der Waals surface area (Å²) in [5.74, 6) is 2.09. The van der Waals surface area contributed by atoms with Crippen LogP contribution in [0.2, 0.25) is 0 Å². The van der Waals surface area contributed by atoms with E-state index in [1.54, 1.807) is 30.3 Å². The monoisotopic (exact) mass is 644 g/mol. The van der Waals surface area contributed by atoms with Gasteiger partial charge in [0.05, 0.1) is 12.8 Å². The zero-order valence-electron chi connectivity index (χ0n) is 29.8. The molecule has 47 heavy (non-hydrogen) atoms. The molecular formula is C38H52N4O5. The summed E-state index contributed by atoms with van der Waals surface area (Å²) in [5.41, 5.74) is 4.48. The molecule has 9 nitrogen and oxygen atoms in total. The first-order chi connectivity index (χ1) is 22.0. The van der Waals surface area contributed by atoms with Crippen LogP contribution in [0.25, 0.3) is 0 Å². The summed E-state index contributed by atoms with van der Waals surface area (Å²) in [7, 11) is 5.66. The number of carbonyl (C=O) groups excluding carboxylic acids is 2. The van der Waals surface area contributed by atoms with Crippen molar-refractivity contribution in [2.24, 2.45) is 5.92 Å². The summed E-state index contributed by atoms with van der Waals surface area (Å²) in [4.78, 5) is 34.5. The molecule has 2 heterocycles. The third-order valence-corrected chi connectivity index (χ3v) is 8.20. The standard InChI is InChI=1S/C38H52N4O5/c1-25-11-12-27(35(43)40-32-22-29(37(2,3)4)20-28(24-41(8)9)34(32)45-10)21-33(25)46-31-13-16-39-30(23-31)19-26-14-17-42(18-15-26)36(44)47-38(5,6)7/h11-13,16,20-23,26H,14-15,17-19,24H2,1-10H3,(H,40,43). The topological polar surface area (TPSA) is 93.2 Å². The second-order valence-electron chi connectivity index (χ2n) is 14.8. The number of benzene rings is 2. The Labute approximate surface area is 280 Å². The Morgan fingerprint density at radius 3 is 2.32 bits per heavy atom. The molecule has 3 aromatic rings. The highest BCUT2D eigenvalue weighted by atomic mass is 16.6. The molecule has 0 saturated carbocycles. The summed E-state index contributed by atoms with van der Waals surface area (Å²) >= 11 is 0. The minimum Gasteiger partial charge on any atom is -0.494 e. The minimum absolute atomic E-state index is 0.113. The molecule has 2 aromatic carbocycles. The second-order valence-corrected chi connectivity index (χ2v) is 14.8. The fourth-order valence-electron chi connectivity index (χ4n) is 5.66. The number of hydrogen-bond acceptors (Lipinski definition) is 7. The summed E-state index contributed by atoms with van der Waals surface area (Å²) in [5, 5.41) is 3.11. The molecule has 4 rings (SSSR count). The van der Waals surface area contributed by atoms with Crippen LogP contribution in [0.5, 0.6) is 17.2 Å². The predicted octanol–water partition coefficient (Wildman–Crippen LogP) is 7.99. The van der Waals surface area contributed by atoms with E-state index in [1.807, 2.05) is 66.1 Å². The Bertz CT molecular complexity index is 1560. The third kappa shape index (κ3) is 9.94. The molecule has 1 saturated heterocycles. The number of methoxy groups -OCH3 is 1. The number of nitrogens with one attached hydrogen (secondary N) is 1. The number of rotatable bonds is 9. The van der Waals surface area contributed by atoms with Crippen molar-refractivity contribution in [3.63, 3.8) is 0 Å². The van der Waals surface area contributed by atoms with Gasteiger partial charge in [0.1, 0.15) is 22.8 Å². The Hall–Kier alpha value is -4.11. The first-order valence-electron chi connectivity index (χ1n) is 16.4. The van der Waals surface area contributed by atoms with Gasteiger partial charge in [0.15, 0.2) is 0 Å². The third-order valence-electron chi connectivity index (χ3n) is 8.20. The van der Waals surface area contributed by atoms with Crippen molar-refractivity contribution in [1.82, 2.24) is 14.8 Å². The van der Waals surface area contributed by atoms with Crippen LogP contribution < -0.4 is 14.8 Å². The number of carbonyl (C=O) groups is 2. The van der Waals surface area contributed by atoms with Gasteiger partial charge in [0.2, 0.25) is 0 Å². The maximum absolute atomic E-state index is 13.6. The maximum Gasteiger partial charge on any atom is 0.410 e. The Kier molecular flexibility index (Phi) is 11.2. The zero-order valence-corrected chi connectivity index (χ0v) is 29.8. The van der Waals surface area contributed by atoms with Gasteiger partial charge in [0, 0.05) is 48.7 Å². The van der Waals surface area contributed by atoms with Gasteiger partial charge in [0.25, 0.3) is 5.91 Å². The SMILES string of the molecule is COc1c(CN(C)C)cc(C(C)(C)C)cc1NC(=O)c1ccc(C)c(Oc2ccnc(CC3CCN(C(=O)OC(C)(C)C)CC3)c2)c1. The summed E-state index contributed by atoms with van der Waals surface area (Å²) in [6.07, 6.45) is 4.09. The highest BCUT2D eigenvalue weighted by Crippen LogP contribution is 2.36. The molecule has 0 unspecified atom stereocenters. The number of pyridine rings is 1. The van der Waals surface area contributed by atoms with E-state index in [1.165, 1.54) is 0 Å². The van der Waals surface area contributed by atoms with E-state index < -0.39 is 5.60 Å². The van der Waals surface area contributed by atoms with Gasteiger partial charge in [-0.1, -0.05) is 32.9 Å². The highest BCUT2D eigenvalue weighted by molar-refractivity contribution is 6.05. The Balaban J connectivity index is 1.46. The summed E-state index contributed by atoms with van der Waals surface area (Å²) in [6.45, 7) is 16.1. The number of anilines is 1.